The minimum atomic E-state index is -8.51. The molecule has 3 nitrogen and oxygen atoms in total. The van der Waals surface area contributed by atoms with Gasteiger partial charge in [-0.3, -0.25) is 0 Å². The van der Waals surface area contributed by atoms with E-state index in [-0.39, 0.29) is 0 Å². The second-order valence-corrected chi connectivity index (χ2v) is 8.71. The van der Waals surface area contributed by atoms with E-state index in [1.165, 1.54) is 49.8 Å². The number of halogens is 10. The summed E-state index contributed by atoms with van der Waals surface area (Å²) in [4.78, 5) is 10.1. The smallest absolute Gasteiger partial charge is 0.459 e. The largest absolute Gasteiger partial charge is 0.790 e. The standard InChI is InChI=1S/C9H20N.C4HF10O2P/c1-3-4-7-10(2)8-5-6-9-10;5-1(6,7)3(11,12)17(15,16)4(13,14)2(8,9)10/h3-9H2,1-2H3;(H,15,16)/q+1;/p-1. The van der Waals surface area contributed by atoms with Gasteiger partial charge < -0.3 is 13.9 Å². The van der Waals surface area contributed by atoms with E-state index in [0.717, 1.165) is 0 Å². The Kier molecular flexibility index (Phi) is 8.27. The molecule has 0 saturated carbocycles. The molecule has 0 N–H and O–H groups in total. The minimum Gasteiger partial charge on any atom is -0.790 e. The molecule has 0 amide bonds. The zero-order valence-electron chi connectivity index (χ0n) is 14.4. The summed E-state index contributed by atoms with van der Waals surface area (Å²) in [7, 11) is -6.10. The third kappa shape index (κ3) is 5.72. The molecule has 1 saturated heterocycles. The zero-order valence-corrected chi connectivity index (χ0v) is 15.3. The normalized spacial score (nSPS) is 18.9. The second kappa shape index (κ2) is 8.44. The van der Waals surface area contributed by atoms with E-state index in [0.29, 0.717) is 0 Å². The molecule has 0 radical (unpaired) electrons. The SMILES string of the molecule is CCCC[N+]1(C)CCCC1.O=P([O-])(C(F)(F)C(F)(F)F)C(F)(F)C(F)(F)F. The predicted molar refractivity (Wildman–Crippen MR) is 74.5 cm³/mol. The van der Waals surface area contributed by atoms with Gasteiger partial charge in [-0.25, -0.2) is 0 Å². The van der Waals surface area contributed by atoms with Crippen molar-refractivity contribution in [2.75, 3.05) is 26.7 Å². The maximum atomic E-state index is 12.1. The van der Waals surface area contributed by atoms with Crippen molar-refractivity contribution in [3.05, 3.63) is 0 Å². The van der Waals surface area contributed by atoms with E-state index in [4.69, 9.17) is 0 Å². The Balaban J connectivity index is 0.000000569. The van der Waals surface area contributed by atoms with Crippen molar-refractivity contribution in [2.45, 2.75) is 56.3 Å². The summed E-state index contributed by atoms with van der Waals surface area (Å²) < 4.78 is 128. The molecule has 1 aliphatic heterocycles. The first kappa shape index (κ1) is 26.4. The molecule has 0 unspecified atom stereocenters. The van der Waals surface area contributed by atoms with Crippen LogP contribution in [-0.2, 0) is 4.57 Å². The lowest BCUT2D eigenvalue weighted by Gasteiger charge is -2.38. The Labute approximate surface area is 149 Å². The number of quaternary nitrogens is 1. The first-order chi connectivity index (χ1) is 11.8. The van der Waals surface area contributed by atoms with Crippen molar-refractivity contribution in [2.24, 2.45) is 0 Å². The summed E-state index contributed by atoms with van der Waals surface area (Å²) in [5, 5.41) is 0. The van der Waals surface area contributed by atoms with Crippen molar-refractivity contribution in [1.29, 1.82) is 0 Å². The van der Waals surface area contributed by atoms with Gasteiger partial charge in [-0.2, -0.15) is 43.9 Å². The molecule has 0 spiro atoms. The predicted octanol–water partition coefficient (Wildman–Crippen LogP) is 4.96. The van der Waals surface area contributed by atoms with Crippen LogP contribution in [0.15, 0.2) is 0 Å². The molecule has 164 valence electrons. The van der Waals surface area contributed by atoms with E-state index in [1.807, 2.05) is 0 Å². The first-order valence-electron chi connectivity index (χ1n) is 7.81. The van der Waals surface area contributed by atoms with Crippen LogP contribution >= 0.6 is 7.37 Å². The van der Waals surface area contributed by atoms with Gasteiger partial charge in [0.05, 0.1) is 26.7 Å². The highest BCUT2D eigenvalue weighted by Gasteiger charge is 2.78. The highest BCUT2D eigenvalue weighted by Crippen LogP contribution is 2.72. The Morgan fingerprint density at radius 3 is 1.44 bits per heavy atom. The number of unbranched alkanes of at least 4 members (excludes halogenated alkanes) is 1. The Morgan fingerprint density at radius 1 is 0.852 bits per heavy atom. The van der Waals surface area contributed by atoms with E-state index in [1.54, 1.807) is 0 Å². The Bertz CT molecular complexity index is 496. The van der Waals surface area contributed by atoms with Gasteiger partial charge in [-0.05, 0) is 6.42 Å². The molecule has 0 aromatic carbocycles. The summed E-state index contributed by atoms with van der Waals surface area (Å²) in [5.74, 6) is 0. The average Bonchev–Trinajstić information content (AvgIpc) is 2.90. The van der Waals surface area contributed by atoms with Gasteiger partial charge in [0.2, 0.25) is 0 Å². The summed E-state index contributed by atoms with van der Waals surface area (Å²) in [6.07, 6.45) is -8.48. The topological polar surface area (TPSA) is 40.1 Å². The molecule has 27 heavy (non-hydrogen) atoms. The van der Waals surface area contributed by atoms with Crippen LogP contribution < -0.4 is 4.89 Å². The van der Waals surface area contributed by atoms with Crippen molar-refractivity contribution in [3.63, 3.8) is 0 Å². The summed E-state index contributed by atoms with van der Waals surface area (Å²) in [5.41, 5.74) is -14.4. The Hall–Kier alpha value is -0.550. The highest BCUT2D eigenvalue weighted by atomic mass is 31.2. The molecule has 1 fully saturated rings. The first-order valence-corrected chi connectivity index (χ1v) is 9.43. The molecule has 0 atom stereocenters. The van der Waals surface area contributed by atoms with E-state index >= 15 is 0 Å². The molecular formula is C13H20F10NO2P. The van der Waals surface area contributed by atoms with Gasteiger partial charge in [0.1, 0.15) is 0 Å². The van der Waals surface area contributed by atoms with Crippen molar-refractivity contribution < 1.29 is 57.8 Å². The number of hydrogen-bond acceptors (Lipinski definition) is 2. The van der Waals surface area contributed by atoms with Crippen LogP contribution in [0.2, 0.25) is 0 Å². The summed E-state index contributed by atoms with van der Waals surface area (Å²) in [6, 6.07) is 0. The maximum absolute atomic E-state index is 12.1. The van der Waals surface area contributed by atoms with Crippen LogP contribution in [-0.4, -0.2) is 54.8 Å². The highest BCUT2D eigenvalue weighted by molar-refractivity contribution is 7.59. The molecular weight excluding hydrogens is 423 g/mol. The van der Waals surface area contributed by atoms with Gasteiger partial charge in [-0.15, -0.1) is 0 Å². The molecule has 0 bridgehead atoms. The zero-order chi connectivity index (χ0) is 21.9. The van der Waals surface area contributed by atoms with Gasteiger partial charge in [-0.1, -0.05) is 13.3 Å². The van der Waals surface area contributed by atoms with Gasteiger partial charge in [0.25, 0.3) is 0 Å². The van der Waals surface area contributed by atoms with Gasteiger partial charge >= 0.3 is 23.7 Å². The monoisotopic (exact) mass is 443 g/mol. The fourth-order valence-electron chi connectivity index (χ4n) is 2.37. The molecule has 1 rings (SSSR count). The van der Waals surface area contributed by atoms with E-state index < -0.39 is 31.0 Å². The van der Waals surface area contributed by atoms with Crippen LogP contribution in [0.1, 0.15) is 32.6 Å². The van der Waals surface area contributed by atoms with E-state index in [9.17, 15) is 53.4 Å². The van der Waals surface area contributed by atoms with Crippen molar-refractivity contribution >= 4 is 7.37 Å². The minimum absolute atomic E-state index is 1.36. The fraction of sp³-hybridized carbons (Fsp3) is 1.00. The fourth-order valence-corrected chi connectivity index (χ4v) is 3.39. The lowest BCUT2D eigenvalue weighted by molar-refractivity contribution is -0.897. The average molecular weight is 443 g/mol. The Morgan fingerprint density at radius 2 is 1.19 bits per heavy atom. The molecule has 0 aliphatic carbocycles. The quantitative estimate of drug-likeness (QED) is 0.342. The number of hydrogen-bond donors (Lipinski definition) is 0. The molecule has 1 heterocycles. The van der Waals surface area contributed by atoms with Crippen molar-refractivity contribution in [3.8, 4) is 0 Å². The second-order valence-electron chi connectivity index (χ2n) is 6.48. The van der Waals surface area contributed by atoms with Crippen LogP contribution in [0.3, 0.4) is 0 Å². The maximum Gasteiger partial charge on any atom is 0.459 e. The number of likely N-dealkylation sites (tertiary alicyclic amines) is 1. The molecule has 0 aromatic heterocycles. The van der Waals surface area contributed by atoms with Crippen LogP contribution in [0.4, 0.5) is 43.9 Å². The number of alkyl halides is 10. The van der Waals surface area contributed by atoms with Crippen molar-refractivity contribution in [1.82, 2.24) is 0 Å². The van der Waals surface area contributed by atoms with E-state index in [2.05, 4.69) is 14.0 Å². The third-order valence-corrected chi connectivity index (χ3v) is 6.10. The summed E-state index contributed by atoms with van der Waals surface area (Å²) >= 11 is 0. The van der Waals surface area contributed by atoms with Gasteiger partial charge in [0.15, 0.2) is 7.37 Å². The van der Waals surface area contributed by atoms with Crippen LogP contribution in [0.5, 0.6) is 0 Å². The van der Waals surface area contributed by atoms with Crippen LogP contribution in [0, 0.1) is 0 Å². The molecule has 14 heteroatoms. The lowest BCUT2D eigenvalue weighted by Crippen LogP contribution is -2.50. The number of nitrogens with zero attached hydrogens (tertiary/aromatic N) is 1. The van der Waals surface area contributed by atoms with Crippen LogP contribution in [0.25, 0.3) is 0 Å². The van der Waals surface area contributed by atoms with Gasteiger partial charge in [0, 0.05) is 12.8 Å². The molecule has 0 aromatic rings. The number of rotatable bonds is 5. The lowest BCUT2D eigenvalue weighted by atomic mass is 10.3. The third-order valence-electron chi connectivity index (χ3n) is 4.12. The summed E-state index contributed by atoms with van der Waals surface area (Å²) in [6.45, 7) is 6.55. The molecule has 1 aliphatic rings.